The average molecular weight is 360 g/mol. The first-order chi connectivity index (χ1) is 12.0. The number of hydrogen-bond acceptors (Lipinski definition) is 4. The van der Waals surface area contributed by atoms with Gasteiger partial charge >= 0.3 is 0 Å². The van der Waals surface area contributed by atoms with Crippen molar-refractivity contribution in [3.05, 3.63) is 36.5 Å². The van der Waals surface area contributed by atoms with Gasteiger partial charge in [-0.1, -0.05) is 33.6 Å². The van der Waals surface area contributed by atoms with E-state index in [2.05, 4.69) is 18.9 Å². The summed E-state index contributed by atoms with van der Waals surface area (Å²) in [7, 11) is 0. The van der Waals surface area contributed by atoms with Crippen molar-refractivity contribution in [2.75, 3.05) is 0 Å². The Balaban J connectivity index is 2.30. The fourth-order valence-electron chi connectivity index (χ4n) is 4.18. The summed E-state index contributed by atoms with van der Waals surface area (Å²) < 4.78 is 1.55. The molecule has 0 bridgehead atoms. The zero-order valence-electron chi connectivity index (χ0n) is 16.2. The van der Waals surface area contributed by atoms with Gasteiger partial charge in [-0.2, -0.15) is 0 Å². The molecule has 2 aromatic rings. The van der Waals surface area contributed by atoms with Gasteiger partial charge in [-0.3, -0.25) is 19.5 Å². The van der Waals surface area contributed by atoms with Gasteiger partial charge in [-0.05, 0) is 39.0 Å². The van der Waals surface area contributed by atoms with Crippen molar-refractivity contribution in [2.45, 2.75) is 77.7 Å². The average Bonchev–Trinajstić information content (AvgIpc) is 3.24. The van der Waals surface area contributed by atoms with E-state index >= 15 is 0 Å². The predicted molar refractivity (Wildman–Crippen MR) is 102 cm³/mol. The highest BCUT2D eigenvalue weighted by molar-refractivity contribution is 5.75. The number of H-pyrrole nitrogens is 1. The van der Waals surface area contributed by atoms with Crippen LogP contribution < -0.4 is 16.4 Å². The van der Waals surface area contributed by atoms with E-state index in [4.69, 9.17) is 0 Å². The third-order valence-corrected chi connectivity index (χ3v) is 6.52. The third kappa shape index (κ3) is 2.49. The van der Waals surface area contributed by atoms with Crippen LogP contribution in [0.1, 0.15) is 72.4 Å². The van der Waals surface area contributed by atoms with Crippen molar-refractivity contribution < 1.29 is 5.11 Å². The molecule has 1 aromatic carbocycles. The van der Waals surface area contributed by atoms with Gasteiger partial charge in [0.25, 0.3) is 11.0 Å². The molecule has 1 fully saturated rings. The zero-order valence-corrected chi connectivity index (χ0v) is 16.2. The van der Waals surface area contributed by atoms with Crippen molar-refractivity contribution in [3.63, 3.8) is 0 Å². The van der Waals surface area contributed by atoms with Gasteiger partial charge in [0.2, 0.25) is 5.43 Å². The second kappa shape index (κ2) is 5.96. The molecule has 0 atom stereocenters. The van der Waals surface area contributed by atoms with Gasteiger partial charge in [0.1, 0.15) is 0 Å². The Morgan fingerprint density at radius 3 is 2.12 bits per heavy atom. The summed E-state index contributed by atoms with van der Waals surface area (Å²) in [6, 6.07) is 0. The molecule has 3 rings (SSSR count). The molecule has 1 heterocycles. The third-order valence-electron chi connectivity index (χ3n) is 6.52. The Morgan fingerprint density at radius 2 is 1.62 bits per heavy atom. The number of aromatic hydroxyl groups is 1. The van der Waals surface area contributed by atoms with Gasteiger partial charge < -0.3 is 5.11 Å². The number of rotatable bonds is 5. The lowest BCUT2D eigenvalue weighted by Crippen LogP contribution is -2.37. The van der Waals surface area contributed by atoms with Crippen LogP contribution >= 0.6 is 0 Å². The molecule has 1 aliphatic carbocycles. The van der Waals surface area contributed by atoms with Crippen LogP contribution in [0.3, 0.4) is 0 Å². The SMILES string of the molecule is CCC(C)(C)n1[nH]c(C(C)(C)C2CCCC2)c(-c2c(O)c(=O)c2=O)c1=O. The summed E-state index contributed by atoms with van der Waals surface area (Å²) in [5, 5.41) is 13.3. The number of nitrogens with zero attached hydrogens (tertiary/aromatic N) is 1. The second-order valence-corrected chi connectivity index (χ2v) is 8.75. The van der Waals surface area contributed by atoms with Gasteiger partial charge in [0.15, 0.2) is 5.75 Å². The number of hydrogen-bond donors (Lipinski definition) is 2. The Morgan fingerprint density at radius 1 is 1.04 bits per heavy atom. The normalized spacial score (nSPS) is 16.7. The van der Waals surface area contributed by atoms with Gasteiger partial charge in [0, 0.05) is 5.41 Å². The first kappa shape index (κ1) is 18.7. The van der Waals surface area contributed by atoms with E-state index in [0.29, 0.717) is 18.0 Å². The predicted octanol–water partition coefficient (Wildman–Crippen LogP) is 2.76. The molecule has 1 aromatic heterocycles. The van der Waals surface area contributed by atoms with Crippen LogP contribution in [0.15, 0.2) is 14.4 Å². The largest absolute Gasteiger partial charge is 0.503 e. The number of aromatic amines is 1. The molecule has 0 aliphatic heterocycles. The minimum atomic E-state index is -0.911. The Hall–Kier alpha value is -2.11. The summed E-state index contributed by atoms with van der Waals surface area (Å²) in [4.78, 5) is 36.9. The molecule has 26 heavy (non-hydrogen) atoms. The summed E-state index contributed by atoms with van der Waals surface area (Å²) in [5.74, 6) is -0.206. The first-order valence-electron chi connectivity index (χ1n) is 9.42. The number of aromatic nitrogens is 2. The van der Waals surface area contributed by atoms with Gasteiger partial charge in [0.05, 0.1) is 22.4 Å². The summed E-state index contributed by atoms with van der Waals surface area (Å²) in [6.45, 7) is 10.0. The van der Waals surface area contributed by atoms with Crippen LogP contribution in [0, 0.1) is 5.92 Å². The lowest BCUT2D eigenvalue weighted by atomic mass is 9.73. The van der Waals surface area contributed by atoms with Crippen LogP contribution in [0.25, 0.3) is 11.1 Å². The maximum Gasteiger partial charge on any atom is 0.275 e. The molecular weight excluding hydrogens is 332 g/mol. The fraction of sp³-hybridized carbons (Fsp3) is 0.650. The second-order valence-electron chi connectivity index (χ2n) is 8.75. The highest BCUT2D eigenvalue weighted by Gasteiger charge is 2.41. The molecule has 2 N–H and O–H groups in total. The maximum atomic E-state index is 13.2. The molecule has 0 radical (unpaired) electrons. The molecule has 6 heteroatoms. The monoisotopic (exact) mass is 360 g/mol. The minimum Gasteiger partial charge on any atom is -0.503 e. The van der Waals surface area contributed by atoms with Crippen LogP contribution in [0.2, 0.25) is 0 Å². The van der Waals surface area contributed by atoms with E-state index in [1.807, 2.05) is 20.8 Å². The lowest BCUT2D eigenvalue weighted by Gasteiger charge is -2.32. The lowest BCUT2D eigenvalue weighted by molar-refractivity contribution is 0.278. The van der Waals surface area contributed by atoms with Crippen LogP contribution in [0.4, 0.5) is 0 Å². The van der Waals surface area contributed by atoms with Crippen LogP contribution in [0.5, 0.6) is 5.75 Å². The van der Waals surface area contributed by atoms with E-state index in [1.165, 1.54) is 0 Å². The standard InChI is InChI=1S/C20H28N2O4/c1-6-19(2,3)22-18(26)13(12-14(23)16(25)15(12)24)17(21-22)20(4,5)11-9-7-8-10-11/h11,21,23H,6-10H2,1-5H3. The quantitative estimate of drug-likeness (QED) is 0.802. The molecule has 142 valence electrons. The molecule has 6 nitrogen and oxygen atoms in total. The molecule has 0 saturated heterocycles. The van der Waals surface area contributed by atoms with Gasteiger partial charge in [-0.15, -0.1) is 0 Å². The Labute approximate surface area is 152 Å². The van der Waals surface area contributed by atoms with Gasteiger partial charge in [-0.25, -0.2) is 4.68 Å². The fourth-order valence-corrected chi connectivity index (χ4v) is 4.18. The van der Waals surface area contributed by atoms with Crippen LogP contribution in [-0.2, 0) is 11.0 Å². The zero-order chi connectivity index (χ0) is 19.4. The maximum absolute atomic E-state index is 13.2. The minimum absolute atomic E-state index is 0.122. The summed E-state index contributed by atoms with van der Waals surface area (Å²) >= 11 is 0. The van der Waals surface area contributed by atoms with E-state index in [-0.39, 0.29) is 22.1 Å². The number of nitrogens with one attached hydrogen (secondary N) is 1. The molecule has 0 spiro atoms. The molecule has 1 aliphatic rings. The highest BCUT2D eigenvalue weighted by Crippen LogP contribution is 2.44. The highest BCUT2D eigenvalue weighted by atomic mass is 16.3. The summed E-state index contributed by atoms with van der Waals surface area (Å²) in [5.41, 5.74) is -2.17. The topological polar surface area (TPSA) is 92.2 Å². The molecule has 0 amide bonds. The Bertz CT molecular complexity index is 961. The Kier molecular flexibility index (Phi) is 4.28. The molecular formula is C20H28N2O4. The van der Waals surface area contributed by atoms with Crippen molar-refractivity contribution in [1.82, 2.24) is 9.78 Å². The van der Waals surface area contributed by atoms with E-state index in [0.717, 1.165) is 25.7 Å². The molecule has 1 saturated carbocycles. The first-order valence-corrected chi connectivity index (χ1v) is 9.42. The molecule has 0 unspecified atom stereocenters. The van der Waals surface area contributed by atoms with Crippen molar-refractivity contribution in [1.29, 1.82) is 0 Å². The van der Waals surface area contributed by atoms with Crippen molar-refractivity contribution in [2.24, 2.45) is 5.92 Å². The van der Waals surface area contributed by atoms with Crippen molar-refractivity contribution in [3.8, 4) is 16.9 Å². The van der Waals surface area contributed by atoms with E-state index in [1.54, 1.807) is 4.68 Å². The van der Waals surface area contributed by atoms with Crippen molar-refractivity contribution >= 4 is 0 Å². The van der Waals surface area contributed by atoms with E-state index in [9.17, 15) is 19.5 Å². The van der Waals surface area contributed by atoms with E-state index < -0.39 is 22.1 Å². The smallest absolute Gasteiger partial charge is 0.275 e. The summed E-state index contributed by atoms with van der Waals surface area (Å²) in [6.07, 6.45) is 5.15. The van der Waals surface area contributed by atoms with Crippen LogP contribution in [-0.4, -0.2) is 14.9 Å².